The molecule has 2 heteroatoms. The first-order valence-electron chi connectivity index (χ1n) is 6.18. The van der Waals surface area contributed by atoms with E-state index in [4.69, 9.17) is 0 Å². The fraction of sp³-hybridized carbons (Fsp3) is 0.571. The summed E-state index contributed by atoms with van der Waals surface area (Å²) in [5.74, 6) is 0. The van der Waals surface area contributed by atoms with Crippen LogP contribution in [0.15, 0.2) is 18.2 Å². The Hall–Kier alpha value is -0.860. The summed E-state index contributed by atoms with van der Waals surface area (Å²) in [6, 6.07) is 6.70. The molecule has 0 bridgehead atoms. The number of nitrogens with one attached hydrogen (secondary N) is 1. The van der Waals surface area contributed by atoms with Crippen molar-refractivity contribution < 1.29 is 5.11 Å². The van der Waals surface area contributed by atoms with Gasteiger partial charge in [-0.15, -0.1) is 0 Å². The molecule has 2 rings (SSSR count). The number of aliphatic hydroxyl groups is 1. The fourth-order valence-electron chi connectivity index (χ4n) is 2.90. The molecular weight excluding hydrogens is 198 g/mol. The lowest BCUT2D eigenvalue weighted by Gasteiger charge is -2.31. The van der Waals surface area contributed by atoms with Gasteiger partial charge in [0, 0.05) is 12.1 Å². The summed E-state index contributed by atoms with van der Waals surface area (Å²) >= 11 is 0. The third-order valence-corrected chi connectivity index (χ3v) is 3.66. The van der Waals surface area contributed by atoms with Crippen molar-refractivity contribution in [2.75, 3.05) is 13.2 Å². The van der Waals surface area contributed by atoms with Crippen LogP contribution in [0.5, 0.6) is 0 Å². The molecule has 0 spiro atoms. The van der Waals surface area contributed by atoms with E-state index in [9.17, 15) is 5.11 Å². The average molecular weight is 219 g/mol. The molecule has 2 nitrogen and oxygen atoms in total. The Bertz CT molecular complexity index is 361. The number of benzene rings is 1. The second-order valence-corrected chi connectivity index (χ2v) is 4.75. The zero-order valence-electron chi connectivity index (χ0n) is 10.2. The molecule has 1 unspecified atom stereocenters. The first-order chi connectivity index (χ1) is 7.72. The molecule has 0 fully saturated rings. The Balaban J connectivity index is 2.40. The topological polar surface area (TPSA) is 32.3 Å². The van der Waals surface area contributed by atoms with Crippen LogP contribution in [0.1, 0.15) is 36.5 Å². The Labute approximate surface area is 97.7 Å². The van der Waals surface area contributed by atoms with E-state index in [0.29, 0.717) is 0 Å². The Morgan fingerprint density at radius 2 is 2.25 bits per heavy atom. The maximum Gasteiger partial charge on any atom is 0.0462 e. The third-order valence-electron chi connectivity index (χ3n) is 3.66. The maximum atomic E-state index is 9.27. The van der Waals surface area contributed by atoms with Crippen molar-refractivity contribution in [2.45, 2.75) is 38.6 Å². The van der Waals surface area contributed by atoms with Gasteiger partial charge in [-0.2, -0.15) is 0 Å². The van der Waals surface area contributed by atoms with Gasteiger partial charge in [-0.1, -0.05) is 30.7 Å². The predicted molar refractivity (Wildman–Crippen MR) is 66.6 cm³/mol. The summed E-state index contributed by atoms with van der Waals surface area (Å²) < 4.78 is 0. The van der Waals surface area contributed by atoms with Gasteiger partial charge in [-0.25, -0.2) is 0 Å². The van der Waals surface area contributed by atoms with Crippen LogP contribution in [0.3, 0.4) is 0 Å². The maximum absolute atomic E-state index is 9.27. The normalized spacial score (nSPS) is 23.4. The van der Waals surface area contributed by atoms with Crippen LogP contribution in [0.25, 0.3) is 0 Å². The van der Waals surface area contributed by atoms with Gasteiger partial charge >= 0.3 is 0 Å². The number of rotatable bonds is 4. The van der Waals surface area contributed by atoms with E-state index >= 15 is 0 Å². The van der Waals surface area contributed by atoms with Crippen LogP contribution in [0.2, 0.25) is 0 Å². The Morgan fingerprint density at radius 1 is 1.44 bits per heavy atom. The first-order valence-corrected chi connectivity index (χ1v) is 6.18. The molecule has 16 heavy (non-hydrogen) atoms. The van der Waals surface area contributed by atoms with Crippen LogP contribution in [0, 0.1) is 6.92 Å². The zero-order valence-corrected chi connectivity index (χ0v) is 10.2. The van der Waals surface area contributed by atoms with Crippen molar-refractivity contribution >= 4 is 0 Å². The highest BCUT2D eigenvalue weighted by Crippen LogP contribution is 2.39. The highest BCUT2D eigenvalue weighted by atomic mass is 16.3. The Morgan fingerprint density at radius 3 is 2.94 bits per heavy atom. The zero-order chi connectivity index (χ0) is 11.6. The summed E-state index contributed by atoms with van der Waals surface area (Å²) in [7, 11) is 0. The molecule has 0 saturated carbocycles. The van der Waals surface area contributed by atoms with E-state index < -0.39 is 0 Å². The first kappa shape index (κ1) is 11.6. The highest BCUT2D eigenvalue weighted by molar-refractivity contribution is 5.41. The lowest BCUT2D eigenvalue weighted by atomic mass is 9.87. The largest absolute Gasteiger partial charge is 0.396 e. The van der Waals surface area contributed by atoms with E-state index in [2.05, 4.69) is 37.4 Å². The van der Waals surface area contributed by atoms with Crippen LogP contribution in [-0.2, 0) is 12.0 Å². The molecule has 1 atom stereocenters. The standard InChI is InChI=1S/C14H21NO/c1-3-15-14(8-9-16)7-6-12-5-4-11(2)10-13(12)14/h4-5,10,15-16H,3,6-9H2,1-2H3. The summed E-state index contributed by atoms with van der Waals surface area (Å²) in [5, 5.41) is 12.9. The summed E-state index contributed by atoms with van der Waals surface area (Å²) in [6.07, 6.45) is 3.06. The molecule has 0 heterocycles. The number of fused-ring (bicyclic) bond motifs is 1. The fourth-order valence-corrected chi connectivity index (χ4v) is 2.90. The van der Waals surface area contributed by atoms with Gasteiger partial charge in [0.05, 0.1) is 0 Å². The molecule has 0 saturated heterocycles. The number of aliphatic hydroxyl groups excluding tert-OH is 1. The lowest BCUT2D eigenvalue weighted by molar-refractivity contribution is 0.210. The minimum absolute atomic E-state index is 0.0187. The van der Waals surface area contributed by atoms with Crippen LogP contribution >= 0.6 is 0 Å². The van der Waals surface area contributed by atoms with E-state index in [1.54, 1.807) is 0 Å². The van der Waals surface area contributed by atoms with Crippen LogP contribution in [0.4, 0.5) is 0 Å². The molecule has 88 valence electrons. The van der Waals surface area contributed by atoms with Crippen LogP contribution < -0.4 is 5.32 Å². The number of hydrogen-bond donors (Lipinski definition) is 2. The third kappa shape index (κ3) is 1.87. The van der Waals surface area contributed by atoms with Gasteiger partial charge in [0.15, 0.2) is 0 Å². The number of aryl methyl sites for hydroxylation is 2. The van der Waals surface area contributed by atoms with E-state index in [-0.39, 0.29) is 12.1 Å². The molecule has 0 aliphatic heterocycles. The molecule has 0 amide bonds. The van der Waals surface area contributed by atoms with Crippen LogP contribution in [-0.4, -0.2) is 18.3 Å². The van der Waals surface area contributed by atoms with Crippen molar-refractivity contribution in [1.82, 2.24) is 5.32 Å². The SMILES string of the molecule is CCNC1(CCO)CCc2ccc(C)cc21. The molecule has 1 aromatic rings. The average Bonchev–Trinajstić information content (AvgIpc) is 2.59. The predicted octanol–water partition coefficient (Wildman–Crippen LogP) is 2.13. The monoisotopic (exact) mass is 219 g/mol. The summed E-state index contributed by atoms with van der Waals surface area (Å²) in [5.41, 5.74) is 4.18. The van der Waals surface area contributed by atoms with Gasteiger partial charge in [0.25, 0.3) is 0 Å². The van der Waals surface area contributed by atoms with Crippen molar-refractivity contribution in [3.05, 3.63) is 34.9 Å². The van der Waals surface area contributed by atoms with E-state index in [0.717, 1.165) is 25.8 Å². The van der Waals surface area contributed by atoms with E-state index in [1.807, 2.05) is 0 Å². The molecule has 2 N–H and O–H groups in total. The van der Waals surface area contributed by atoms with Gasteiger partial charge in [-0.05, 0) is 43.9 Å². The Kier molecular flexibility index (Phi) is 3.31. The molecular formula is C14H21NO. The second-order valence-electron chi connectivity index (χ2n) is 4.75. The molecule has 1 aliphatic carbocycles. The molecule has 1 aliphatic rings. The van der Waals surface area contributed by atoms with Crippen molar-refractivity contribution in [3.8, 4) is 0 Å². The highest BCUT2D eigenvalue weighted by Gasteiger charge is 2.37. The minimum Gasteiger partial charge on any atom is -0.396 e. The van der Waals surface area contributed by atoms with Gasteiger partial charge in [0.1, 0.15) is 0 Å². The van der Waals surface area contributed by atoms with Crippen molar-refractivity contribution in [2.24, 2.45) is 0 Å². The van der Waals surface area contributed by atoms with Gasteiger partial charge < -0.3 is 10.4 Å². The van der Waals surface area contributed by atoms with Gasteiger partial charge in [0.2, 0.25) is 0 Å². The molecule has 0 aromatic heterocycles. The van der Waals surface area contributed by atoms with Crippen molar-refractivity contribution in [1.29, 1.82) is 0 Å². The number of hydrogen-bond acceptors (Lipinski definition) is 2. The van der Waals surface area contributed by atoms with Gasteiger partial charge in [-0.3, -0.25) is 0 Å². The van der Waals surface area contributed by atoms with Crippen molar-refractivity contribution in [3.63, 3.8) is 0 Å². The molecule has 1 aromatic carbocycles. The quantitative estimate of drug-likeness (QED) is 0.813. The van der Waals surface area contributed by atoms with E-state index in [1.165, 1.54) is 16.7 Å². The minimum atomic E-state index is 0.0187. The summed E-state index contributed by atoms with van der Waals surface area (Å²) in [4.78, 5) is 0. The molecule has 0 radical (unpaired) electrons. The summed E-state index contributed by atoms with van der Waals surface area (Å²) in [6.45, 7) is 5.47. The lowest BCUT2D eigenvalue weighted by Crippen LogP contribution is -2.41. The second kappa shape index (κ2) is 4.56. The smallest absolute Gasteiger partial charge is 0.0462 e.